The predicted octanol–water partition coefficient (Wildman–Crippen LogP) is 2.11. The minimum atomic E-state index is -0.168. The van der Waals surface area contributed by atoms with E-state index in [1.54, 1.807) is 4.90 Å². The fourth-order valence-electron chi connectivity index (χ4n) is 3.84. The third-order valence-corrected chi connectivity index (χ3v) is 5.43. The van der Waals surface area contributed by atoms with Crippen LogP contribution in [0.3, 0.4) is 0 Å². The lowest BCUT2D eigenvalue weighted by molar-refractivity contribution is -0.146. The zero-order chi connectivity index (χ0) is 17.3. The molecule has 5 heteroatoms. The first-order valence-electron chi connectivity index (χ1n) is 8.84. The van der Waals surface area contributed by atoms with Crippen molar-refractivity contribution in [2.24, 2.45) is 5.92 Å². The third kappa shape index (κ3) is 3.12. The number of anilines is 1. The second kappa shape index (κ2) is 6.83. The molecule has 2 amide bonds. The highest BCUT2D eigenvalue weighted by molar-refractivity contribution is 5.87. The first kappa shape index (κ1) is 16.8. The summed E-state index contributed by atoms with van der Waals surface area (Å²) in [7, 11) is 3.91. The van der Waals surface area contributed by atoms with Crippen LogP contribution in [0.15, 0.2) is 24.3 Å². The molecular formula is C19H27N3O2. The van der Waals surface area contributed by atoms with Gasteiger partial charge in [-0.2, -0.15) is 0 Å². The van der Waals surface area contributed by atoms with E-state index in [0.717, 1.165) is 19.4 Å². The van der Waals surface area contributed by atoms with Crippen molar-refractivity contribution in [3.05, 3.63) is 29.8 Å². The van der Waals surface area contributed by atoms with Gasteiger partial charge in [-0.1, -0.05) is 25.1 Å². The molecule has 2 atom stereocenters. The summed E-state index contributed by atoms with van der Waals surface area (Å²) in [5, 5.41) is 0. The lowest BCUT2D eigenvalue weighted by Gasteiger charge is -2.36. The monoisotopic (exact) mass is 329 g/mol. The molecule has 0 saturated carbocycles. The number of carbonyl (C=O) groups is 2. The average Bonchev–Trinajstić information content (AvgIpc) is 2.73. The van der Waals surface area contributed by atoms with Crippen molar-refractivity contribution >= 4 is 17.5 Å². The van der Waals surface area contributed by atoms with Crippen LogP contribution in [-0.4, -0.2) is 54.8 Å². The number of amides is 2. The number of fused-ring (bicyclic) bond motifs is 1. The van der Waals surface area contributed by atoms with Gasteiger partial charge in [-0.3, -0.25) is 9.59 Å². The van der Waals surface area contributed by atoms with Crippen molar-refractivity contribution in [2.45, 2.75) is 38.8 Å². The number of hydrogen-bond acceptors (Lipinski definition) is 3. The number of para-hydroxylation sites is 1. The Morgan fingerprint density at radius 1 is 1.21 bits per heavy atom. The summed E-state index contributed by atoms with van der Waals surface area (Å²) in [6, 6.07) is 8.48. The largest absolute Gasteiger partial charge is 0.372 e. The summed E-state index contributed by atoms with van der Waals surface area (Å²) in [6.07, 6.45) is 2.04. The highest BCUT2D eigenvalue weighted by Gasteiger charge is 2.35. The summed E-state index contributed by atoms with van der Waals surface area (Å²) in [4.78, 5) is 31.2. The van der Waals surface area contributed by atoms with Gasteiger partial charge in [-0.05, 0) is 24.5 Å². The zero-order valence-corrected chi connectivity index (χ0v) is 14.9. The van der Waals surface area contributed by atoms with E-state index >= 15 is 0 Å². The first-order valence-corrected chi connectivity index (χ1v) is 8.84. The van der Waals surface area contributed by atoms with Crippen molar-refractivity contribution in [1.82, 2.24) is 9.80 Å². The van der Waals surface area contributed by atoms with Crippen LogP contribution in [0.2, 0.25) is 0 Å². The van der Waals surface area contributed by atoms with Gasteiger partial charge in [-0.15, -0.1) is 0 Å². The van der Waals surface area contributed by atoms with Crippen LogP contribution in [0.4, 0.5) is 5.69 Å². The van der Waals surface area contributed by atoms with E-state index in [4.69, 9.17) is 0 Å². The Morgan fingerprint density at radius 3 is 2.67 bits per heavy atom. The number of hydrogen-bond donors (Lipinski definition) is 0. The van der Waals surface area contributed by atoms with E-state index < -0.39 is 0 Å². The van der Waals surface area contributed by atoms with E-state index in [-0.39, 0.29) is 23.8 Å². The highest BCUT2D eigenvalue weighted by atomic mass is 16.2. The van der Waals surface area contributed by atoms with E-state index in [0.29, 0.717) is 19.5 Å². The molecule has 2 heterocycles. The van der Waals surface area contributed by atoms with E-state index in [1.807, 2.05) is 24.1 Å². The Morgan fingerprint density at radius 2 is 1.96 bits per heavy atom. The molecule has 3 rings (SSSR count). The average molecular weight is 329 g/mol. The molecule has 0 bridgehead atoms. The predicted molar refractivity (Wildman–Crippen MR) is 94.7 cm³/mol. The van der Waals surface area contributed by atoms with Gasteiger partial charge in [-0.25, -0.2) is 0 Å². The number of likely N-dealkylation sites (N-methyl/N-ethyl adjacent to an activating group) is 1. The maximum absolute atomic E-state index is 13.2. The second-order valence-corrected chi connectivity index (χ2v) is 7.04. The standard InChI is InChI=1S/C19H27N3O2/c1-4-16-13-21(3)17-8-6-5-7-15(17)12-22(16)19(24)14-9-10-20(2)18(23)11-14/h5-8,14,16H,4,9-13H2,1-3H3/t14-,16+/m0/s1. The fraction of sp³-hybridized carbons (Fsp3) is 0.579. The minimum Gasteiger partial charge on any atom is -0.372 e. The molecule has 0 unspecified atom stereocenters. The SMILES string of the molecule is CC[C@@H]1CN(C)c2ccccc2CN1C(=O)[C@H]1CCN(C)C(=O)C1. The van der Waals surface area contributed by atoms with Crippen LogP contribution in [0.1, 0.15) is 31.7 Å². The first-order chi connectivity index (χ1) is 11.5. The smallest absolute Gasteiger partial charge is 0.226 e. The van der Waals surface area contributed by atoms with Crippen LogP contribution in [0.5, 0.6) is 0 Å². The third-order valence-electron chi connectivity index (χ3n) is 5.43. The number of carbonyl (C=O) groups excluding carboxylic acids is 2. The van der Waals surface area contributed by atoms with Gasteiger partial charge in [0, 0.05) is 57.8 Å². The van der Waals surface area contributed by atoms with Crippen LogP contribution in [0, 0.1) is 5.92 Å². The Hall–Kier alpha value is -2.04. The molecule has 2 aliphatic heterocycles. The summed E-state index contributed by atoms with van der Waals surface area (Å²) < 4.78 is 0. The molecule has 1 saturated heterocycles. The van der Waals surface area contributed by atoms with Gasteiger partial charge in [0.25, 0.3) is 0 Å². The van der Waals surface area contributed by atoms with Gasteiger partial charge >= 0.3 is 0 Å². The van der Waals surface area contributed by atoms with Gasteiger partial charge < -0.3 is 14.7 Å². The van der Waals surface area contributed by atoms with Gasteiger partial charge in [0.15, 0.2) is 0 Å². The summed E-state index contributed by atoms with van der Waals surface area (Å²) in [5.74, 6) is 0.0618. The molecule has 0 N–H and O–H groups in total. The normalized spacial score (nSPS) is 24.6. The van der Waals surface area contributed by atoms with E-state index in [1.165, 1.54) is 11.3 Å². The Labute approximate surface area is 144 Å². The Bertz CT molecular complexity index is 631. The molecule has 1 aromatic rings. The lowest BCUT2D eigenvalue weighted by atomic mass is 9.94. The van der Waals surface area contributed by atoms with Crippen LogP contribution in [-0.2, 0) is 16.1 Å². The molecular weight excluding hydrogens is 302 g/mol. The maximum Gasteiger partial charge on any atom is 0.226 e. The fourth-order valence-corrected chi connectivity index (χ4v) is 3.84. The number of nitrogens with zero attached hydrogens (tertiary/aromatic N) is 3. The quantitative estimate of drug-likeness (QED) is 0.835. The molecule has 1 fully saturated rings. The molecule has 130 valence electrons. The molecule has 0 radical (unpaired) electrons. The molecule has 24 heavy (non-hydrogen) atoms. The summed E-state index contributed by atoms with van der Waals surface area (Å²) in [5.41, 5.74) is 2.38. The van der Waals surface area contributed by atoms with Gasteiger partial charge in [0.1, 0.15) is 0 Å². The second-order valence-electron chi connectivity index (χ2n) is 7.04. The Balaban J connectivity index is 1.85. The van der Waals surface area contributed by atoms with E-state index in [9.17, 15) is 9.59 Å². The van der Waals surface area contributed by atoms with Crippen LogP contribution >= 0.6 is 0 Å². The van der Waals surface area contributed by atoms with Crippen molar-refractivity contribution in [1.29, 1.82) is 0 Å². The number of piperidine rings is 1. The van der Waals surface area contributed by atoms with Gasteiger partial charge in [0.05, 0.1) is 0 Å². The molecule has 2 aliphatic rings. The van der Waals surface area contributed by atoms with Gasteiger partial charge in [0.2, 0.25) is 11.8 Å². The summed E-state index contributed by atoms with van der Waals surface area (Å²) >= 11 is 0. The van der Waals surface area contributed by atoms with Crippen molar-refractivity contribution in [3.63, 3.8) is 0 Å². The van der Waals surface area contributed by atoms with Crippen molar-refractivity contribution < 1.29 is 9.59 Å². The van der Waals surface area contributed by atoms with Crippen LogP contribution < -0.4 is 4.90 Å². The topological polar surface area (TPSA) is 43.9 Å². The number of rotatable bonds is 2. The van der Waals surface area contributed by atoms with Crippen molar-refractivity contribution in [3.8, 4) is 0 Å². The molecule has 0 aliphatic carbocycles. The number of benzene rings is 1. The highest BCUT2D eigenvalue weighted by Crippen LogP contribution is 2.29. The molecule has 0 aromatic heterocycles. The van der Waals surface area contributed by atoms with Crippen LogP contribution in [0.25, 0.3) is 0 Å². The Kier molecular flexibility index (Phi) is 4.78. The number of likely N-dealkylation sites (tertiary alicyclic amines) is 1. The van der Waals surface area contributed by atoms with Crippen molar-refractivity contribution in [2.75, 3.05) is 32.1 Å². The lowest BCUT2D eigenvalue weighted by Crippen LogP contribution is -2.48. The van der Waals surface area contributed by atoms with E-state index in [2.05, 4.69) is 31.0 Å². The summed E-state index contributed by atoms with van der Waals surface area (Å²) in [6.45, 7) is 4.28. The maximum atomic E-state index is 13.2. The minimum absolute atomic E-state index is 0.0833. The molecule has 0 spiro atoms. The zero-order valence-electron chi connectivity index (χ0n) is 14.9. The molecule has 1 aromatic carbocycles. The molecule has 5 nitrogen and oxygen atoms in total.